The van der Waals surface area contributed by atoms with Crippen LogP contribution in [-0.2, 0) is 10.2 Å². The Morgan fingerprint density at radius 1 is 1.11 bits per heavy atom. The van der Waals surface area contributed by atoms with E-state index in [0.717, 1.165) is 24.3 Å². The summed E-state index contributed by atoms with van der Waals surface area (Å²) >= 11 is 0. The van der Waals surface area contributed by atoms with Crippen LogP contribution in [0.25, 0.3) is 0 Å². The lowest BCUT2D eigenvalue weighted by Gasteiger charge is -2.25. The summed E-state index contributed by atoms with van der Waals surface area (Å²) in [5, 5.41) is 3.09. The Balaban J connectivity index is 4.24. The molecule has 0 amide bonds. The van der Waals surface area contributed by atoms with Crippen molar-refractivity contribution in [3.63, 3.8) is 0 Å². The van der Waals surface area contributed by atoms with Crippen LogP contribution in [0.3, 0.4) is 0 Å². The Morgan fingerprint density at radius 3 is 2.16 bits per heavy atom. The van der Waals surface area contributed by atoms with Gasteiger partial charge in [0.15, 0.2) is 0 Å². The second kappa shape index (κ2) is 8.03. The molecule has 1 N–H and O–H groups in total. The molecule has 0 heterocycles. The average Bonchev–Trinajstić information content (AvgIpc) is 2.26. The Labute approximate surface area is 112 Å². The highest BCUT2D eigenvalue weighted by atomic mass is 32.2. The molecule has 116 valence electrons. The standard InChI is InChI=1S/C10H22F3N3O2S/c1-4-6-14-7-5-8-15(2)19(17,18)16(3)9-10(11,12)13/h14H,4-9H2,1-3H3. The zero-order chi connectivity index (χ0) is 15.1. The van der Waals surface area contributed by atoms with Crippen molar-refractivity contribution in [1.82, 2.24) is 13.9 Å². The van der Waals surface area contributed by atoms with Crippen molar-refractivity contribution in [3.05, 3.63) is 0 Å². The van der Waals surface area contributed by atoms with E-state index in [9.17, 15) is 21.6 Å². The highest BCUT2D eigenvalue weighted by Crippen LogP contribution is 2.18. The quantitative estimate of drug-likeness (QED) is 0.648. The van der Waals surface area contributed by atoms with Gasteiger partial charge in [0.05, 0.1) is 0 Å². The largest absolute Gasteiger partial charge is 0.402 e. The van der Waals surface area contributed by atoms with Crippen molar-refractivity contribution in [1.29, 1.82) is 0 Å². The van der Waals surface area contributed by atoms with E-state index in [1.54, 1.807) is 0 Å². The van der Waals surface area contributed by atoms with Gasteiger partial charge < -0.3 is 5.32 Å². The molecule has 0 spiro atoms. The molecule has 5 nitrogen and oxygen atoms in total. The van der Waals surface area contributed by atoms with Gasteiger partial charge in [-0.2, -0.15) is 30.2 Å². The fraction of sp³-hybridized carbons (Fsp3) is 1.00. The predicted molar refractivity (Wildman–Crippen MR) is 68.0 cm³/mol. The minimum atomic E-state index is -4.54. The second-order valence-electron chi connectivity index (χ2n) is 4.30. The molecule has 0 aromatic heterocycles. The van der Waals surface area contributed by atoms with Gasteiger partial charge in [-0.1, -0.05) is 6.92 Å². The Bertz CT molecular complexity index is 346. The summed E-state index contributed by atoms with van der Waals surface area (Å²) in [6.45, 7) is 2.19. The molecule has 0 unspecified atom stereocenters. The molecule has 0 aromatic rings. The minimum Gasteiger partial charge on any atom is -0.317 e. The van der Waals surface area contributed by atoms with Crippen LogP contribution in [-0.4, -0.2) is 63.5 Å². The average molecular weight is 305 g/mol. The van der Waals surface area contributed by atoms with Crippen molar-refractivity contribution >= 4 is 10.2 Å². The van der Waals surface area contributed by atoms with Crippen LogP contribution in [0.4, 0.5) is 13.2 Å². The first-order chi connectivity index (χ1) is 8.61. The SMILES string of the molecule is CCCNCCCN(C)S(=O)(=O)N(C)CC(F)(F)F. The first-order valence-electron chi connectivity index (χ1n) is 6.06. The van der Waals surface area contributed by atoms with Crippen LogP contribution in [0.15, 0.2) is 0 Å². The highest BCUT2D eigenvalue weighted by molar-refractivity contribution is 7.86. The van der Waals surface area contributed by atoms with Gasteiger partial charge in [-0.3, -0.25) is 0 Å². The lowest BCUT2D eigenvalue weighted by molar-refractivity contribution is -0.134. The smallest absolute Gasteiger partial charge is 0.317 e. The molecule has 0 saturated heterocycles. The summed E-state index contributed by atoms with van der Waals surface area (Å²) in [6.07, 6.45) is -3.01. The molecule has 0 atom stereocenters. The molecule has 0 aliphatic heterocycles. The number of rotatable bonds is 9. The zero-order valence-corrected chi connectivity index (χ0v) is 12.3. The fourth-order valence-electron chi connectivity index (χ4n) is 1.42. The lowest BCUT2D eigenvalue weighted by Crippen LogP contribution is -2.44. The van der Waals surface area contributed by atoms with Crippen LogP contribution in [0.5, 0.6) is 0 Å². The van der Waals surface area contributed by atoms with Crippen LogP contribution in [0, 0.1) is 0 Å². The molecule has 0 fully saturated rings. The Hall–Kier alpha value is -0.380. The third-order valence-electron chi connectivity index (χ3n) is 2.44. The molecule has 9 heteroatoms. The van der Waals surface area contributed by atoms with E-state index in [2.05, 4.69) is 5.32 Å². The predicted octanol–water partition coefficient (Wildman–Crippen LogP) is 1.05. The van der Waals surface area contributed by atoms with Gasteiger partial charge in [0.1, 0.15) is 6.54 Å². The van der Waals surface area contributed by atoms with E-state index >= 15 is 0 Å². The summed E-state index contributed by atoms with van der Waals surface area (Å²) in [5.41, 5.74) is 0. The summed E-state index contributed by atoms with van der Waals surface area (Å²) in [7, 11) is -1.84. The molecule has 0 radical (unpaired) electrons. The Morgan fingerprint density at radius 2 is 1.68 bits per heavy atom. The normalized spacial score (nSPS) is 13.5. The van der Waals surface area contributed by atoms with Crippen molar-refractivity contribution < 1.29 is 21.6 Å². The van der Waals surface area contributed by atoms with E-state index in [0.29, 0.717) is 17.3 Å². The summed E-state index contributed by atoms with van der Waals surface area (Å²) in [4.78, 5) is 0. The number of hydrogen-bond acceptors (Lipinski definition) is 3. The van der Waals surface area contributed by atoms with E-state index in [1.807, 2.05) is 6.92 Å². The van der Waals surface area contributed by atoms with Gasteiger partial charge in [0.2, 0.25) is 0 Å². The van der Waals surface area contributed by atoms with E-state index in [-0.39, 0.29) is 6.54 Å². The molecule has 0 aliphatic rings. The van der Waals surface area contributed by atoms with Gasteiger partial charge in [-0.05, 0) is 25.9 Å². The zero-order valence-electron chi connectivity index (χ0n) is 11.5. The van der Waals surface area contributed by atoms with Crippen LogP contribution >= 0.6 is 0 Å². The third-order valence-corrected chi connectivity index (χ3v) is 4.33. The molecule has 0 rings (SSSR count). The molecule has 0 aromatic carbocycles. The van der Waals surface area contributed by atoms with Gasteiger partial charge in [-0.15, -0.1) is 0 Å². The number of nitrogens with zero attached hydrogens (tertiary/aromatic N) is 2. The Kier molecular flexibility index (Phi) is 7.87. The summed E-state index contributed by atoms with van der Waals surface area (Å²) in [5.74, 6) is 0. The van der Waals surface area contributed by atoms with Crippen LogP contribution in [0.2, 0.25) is 0 Å². The van der Waals surface area contributed by atoms with Gasteiger partial charge >= 0.3 is 6.18 Å². The molecule has 0 saturated carbocycles. The van der Waals surface area contributed by atoms with Crippen LogP contribution < -0.4 is 5.32 Å². The fourth-order valence-corrected chi connectivity index (χ4v) is 2.56. The lowest BCUT2D eigenvalue weighted by atomic mass is 10.4. The maximum atomic E-state index is 12.2. The number of alkyl halides is 3. The van der Waals surface area contributed by atoms with Gasteiger partial charge in [-0.25, -0.2) is 0 Å². The number of halogens is 3. The van der Waals surface area contributed by atoms with Gasteiger partial charge in [0.25, 0.3) is 10.2 Å². The maximum absolute atomic E-state index is 12.2. The third kappa shape index (κ3) is 7.71. The molecular weight excluding hydrogens is 283 g/mol. The number of nitrogens with one attached hydrogen (secondary N) is 1. The van der Waals surface area contributed by atoms with E-state index in [4.69, 9.17) is 0 Å². The molecular formula is C10H22F3N3O2S. The van der Waals surface area contributed by atoms with Crippen LogP contribution in [0.1, 0.15) is 19.8 Å². The second-order valence-corrected chi connectivity index (χ2v) is 6.45. The highest BCUT2D eigenvalue weighted by Gasteiger charge is 2.35. The first kappa shape index (κ1) is 18.6. The summed E-state index contributed by atoms with van der Waals surface area (Å²) in [6, 6.07) is 0. The number of hydrogen-bond donors (Lipinski definition) is 1. The summed E-state index contributed by atoms with van der Waals surface area (Å²) < 4.78 is 61.2. The van der Waals surface area contributed by atoms with E-state index in [1.165, 1.54) is 7.05 Å². The molecule has 0 bridgehead atoms. The topological polar surface area (TPSA) is 52.7 Å². The van der Waals surface area contributed by atoms with Crippen molar-refractivity contribution in [3.8, 4) is 0 Å². The minimum absolute atomic E-state index is 0.182. The first-order valence-corrected chi connectivity index (χ1v) is 7.46. The molecule has 0 aliphatic carbocycles. The van der Waals surface area contributed by atoms with Crippen molar-refractivity contribution in [2.24, 2.45) is 0 Å². The van der Waals surface area contributed by atoms with Crippen molar-refractivity contribution in [2.75, 3.05) is 40.3 Å². The monoisotopic (exact) mass is 305 g/mol. The van der Waals surface area contributed by atoms with Gasteiger partial charge in [0, 0.05) is 20.6 Å². The molecule has 19 heavy (non-hydrogen) atoms. The maximum Gasteiger partial charge on any atom is 0.402 e. The van der Waals surface area contributed by atoms with E-state index < -0.39 is 22.9 Å². The van der Waals surface area contributed by atoms with Crippen molar-refractivity contribution in [2.45, 2.75) is 25.9 Å².